The highest BCUT2D eigenvalue weighted by atomic mass is 16.5. The minimum absolute atomic E-state index is 0.0181. The van der Waals surface area contributed by atoms with Crippen molar-refractivity contribution >= 4 is 11.8 Å². The summed E-state index contributed by atoms with van der Waals surface area (Å²) in [6.07, 6.45) is 0. The maximum absolute atomic E-state index is 11.9. The number of ether oxygens (including phenoxy) is 3. The van der Waals surface area contributed by atoms with Gasteiger partial charge >= 0.3 is 5.97 Å². The molecule has 0 radical (unpaired) electrons. The molecule has 0 fully saturated rings. The number of carbonyl (C=O) groups is 2. The maximum atomic E-state index is 11.9. The average Bonchev–Trinajstić information content (AvgIpc) is 2.61. The molecular formula is C18H18O7. The molecule has 0 aliphatic carbocycles. The summed E-state index contributed by atoms with van der Waals surface area (Å²) in [6.45, 7) is 1.36. The van der Waals surface area contributed by atoms with Crippen molar-refractivity contribution in [1.29, 1.82) is 0 Å². The van der Waals surface area contributed by atoms with Gasteiger partial charge in [-0.05, 0) is 31.2 Å². The van der Waals surface area contributed by atoms with Crippen LogP contribution in [0.5, 0.6) is 23.0 Å². The summed E-state index contributed by atoms with van der Waals surface area (Å²) in [5, 5.41) is 20.8. The molecule has 7 nitrogen and oxygen atoms in total. The first kappa shape index (κ1) is 18.1. The molecule has 2 aromatic carbocycles. The van der Waals surface area contributed by atoms with E-state index < -0.39 is 5.97 Å². The van der Waals surface area contributed by atoms with E-state index in [-0.39, 0.29) is 51.0 Å². The summed E-state index contributed by atoms with van der Waals surface area (Å²) in [4.78, 5) is 23.6. The molecule has 0 aliphatic rings. The van der Waals surface area contributed by atoms with Crippen LogP contribution in [0.4, 0.5) is 0 Å². The molecule has 2 aromatic rings. The smallest absolute Gasteiger partial charge is 0.338 e. The lowest BCUT2D eigenvalue weighted by Gasteiger charge is -2.15. The number of aromatic hydroxyl groups is 2. The molecule has 0 unspecified atom stereocenters. The standard InChI is InChI=1S/C18H18O7/c1-9(19)10-5-12(16(20)14(7-10)23-2)13-6-11(18(22)25-4)8-15(24-3)17(13)21/h5-8,20-21H,1-4H3. The van der Waals surface area contributed by atoms with Crippen molar-refractivity contribution in [2.24, 2.45) is 0 Å². The van der Waals surface area contributed by atoms with Gasteiger partial charge in [0.1, 0.15) is 0 Å². The van der Waals surface area contributed by atoms with Crippen molar-refractivity contribution in [3.63, 3.8) is 0 Å². The van der Waals surface area contributed by atoms with Crippen LogP contribution in [0, 0.1) is 0 Å². The molecule has 0 saturated heterocycles. The number of Topliss-reactive ketones (excluding diaryl/α,β-unsaturated/α-hetero) is 1. The number of carbonyl (C=O) groups excluding carboxylic acids is 2. The van der Waals surface area contributed by atoms with Crippen molar-refractivity contribution in [2.45, 2.75) is 6.92 Å². The molecule has 2 rings (SSSR count). The van der Waals surface area contributed by atoms with Crippen molar-refractivity contribution in [1.82, 2.24) is 0 Å². The van der Waals surface area contributed by atoms with Crippen molar-refractivity contribution < 1.29 is 34.0 Å². The molecular weight excluding hydrogens is 328 g/mol. The van der Waals surface area contributed by atoms with Gasteiger partial charge in [0, 0.05) is 16.7 Å². The van der Waals surface area contributed by atoms with E-state index in [1.54, 1.807) is 0 Å². The van der Waals surface area contributed by atoms with E-state index in [9.17, 15) is 19.8 Å². The Balaban J connectivity index is 2.82. The fraction of sp³-hybridized carbons (Fsp3) is 0.222. The van der Waals surface area contributed by atoms with Crippen molar-refractivity contribution in [3.8, 4) is 34.1 Å². The number of hydrogen-bond acceptors (Lipinski definition) is 7. The van der Waals surface area contributed by atoms with Crippen LogP contribution in [0.15, 0.2) is 24.3 Å². The molecule has 0 saturated carbocycles. The van der Waals surface area contributed by atoms with Gasteiger partial charge in [-0.15, -0.1) is 0 Å². The first-order valence-electron chi connectivity index (χ1n) is 7.25. The lowest BCUT2D eigenvalue weighted by Crippen LogP contribution is -2.03. The summed E-state index contributed by atoms with van der Waals surface area (Å²) in [5.74, 6) is -1.40. The van der Waals surface area contributed by atoms with Gasteiger partial charge in [-0.1, -0.05) is 0 Å². The first-order valence-corrected chi connectivity index (χ1v) is 7.25. The molecule has 0 aromatic heterocycles. The van der Waals surface area contributed by atoms with E-state index in [4.69, 9.17) is 9.47 Å². The highest BCUT2D eigenvalue weighted by Crippen LogP contribution is 2.45. The minimum Gasteiger partial charge on any atom is -0.504 e. The van der Waals surface area contributed by atoms with Gasteiger partial charge in [0.25, 0.3) is 0 Å². The van der Waals surface area contributed by atoms with Crippen LogP contribution in [0.25, 0.3) is 11.1 Å². The van der Waals surface area contributed by atoms with Crippen LogP contribution in [0.1, 0.15) is 27.6 Å². The SMILES string of the molecule is COC(=O)c1cc(OC)c(O)c(-c2cc(C(C)=O)cc(OC)c2O)c1. The van der Waals surface area contributed by atoms with Crippen molar-refractivity contribution in [3.05, 3.63) is 35.4 Å². The molecule has 25 heavy (non-hydrogen) atoms. The van der Waals surface area contributed by atoms with Crippen LogP contribution < -0.4 is 9.47 Å². The first-order chi connectivity index (χ1) is 11.8. The molecule has 0 amide bonds. The van der Waals surface area contributed by atoms with E-state index in [1.165, 1.54) is 52.5 Å². The summed E-state index contributed by atoms with van der Waals surface area (Å²) in [6, 6.07) is 5.44. The highest BCUT2D eigenvalue weighted by molar-refractivity contribution is 5.98. The molecule has 7 heteroatoms. The summed E-state index contributed by atoms with van der Waals surface area (Å²) < 4.78 is 14.9. The van der Waals surface area contributed by atoms with Crippen LogP contribution >= 0.6 is 0 Å². The molecule has 132 valence electrons. The number of phenolic OH excluding ortho intramolecular Hbond substituents is 2. The number of methoxy groups -OCH3 is 3. The van der Waals surface area contributed by atoms with E-state index in [2.05, 4.69) is 4.74 Å². The number of hydrogen-bond donors (Lipinski definition) is 2. The molecule has 0 spiro atoms. The third-order valence-corrected chi connectivity index (χ3v) is 3.71. The second-order valence-corrected chi connectivity index (χ2v) is 5.20. The van der Waals surface area contributed by atoms with Gasteiger partial charge in [-0.25, -0.2) is 4.79 Å². The number of benzene rings is 2. The molecule has 2 N–H and O–H groups in total. The lowest BCUT2D eigenvalue weighted by molar-refractivity contribution is 0.0600. The second kappa shape index (κ2) is 7.12. The largest absolute Gasteiger partial charge is 0.504 e. The number of ketones is 1. The Labute approximate surface area is 144 Å². The normalized spacial score (nSPS) is 10.2. The van der Waals surface area contributed by atoms with Crippen LogP contribution in [0.3, 0.4) is 0 Å². The van der Waals surface area contributed by atoms with Gasteiger partial charge < -0.3 is 24.4 Å². The van der Waals surface area contributed by atoms with Gasteiger partial charge in [-0.3, -0.25) is 4.79 Å². The second-order valence-electron chi connectivity index (χ2n) is 5.20. The number of rotatable bonds is 5. The van der Waals surface area contributed by atoms with Crippen LogP contribution in [-0.2, 0) is 4.74 Å². The van der Waals surface area contributed by atoms with Crippen LogP contribution in [0.2, 0.25) is 0 Å². The molecule has 0 aliphatic heterocycles. The van der Waals surface area contributed by atoms with Crippen LogP contribution in [-0.4, -0.2) is 43.3 Å². The number of phenols is 2. The Kier molecular flexibility index (Phi) is 5.17. The zero-order valence-electron chi connectivity index (χ0n) is 14.2. The Bertz CT molecular complexity index is 840. The number of esters is 1. The molecule has 0 heterocycles. The summed E-state index contributed by atoms with van der Waals surface area (Å²) >= 11 is 0. The van der Waals surface area contributed by atoms with E-state index >= 15 is 0 Å². The topological polar surface area (TPSA) is 102 Å². The third kappa shape index (κ3) is 3.35. The molecule has 0 bridgehead atoms. The Morgan fingerprint density at radius 1 is 0.800 bits per heavy atom. The van der Waals surface area contributed by atoms with Gasteiger partial charge in [-0.2, -0.15) is 0 Å². The predicted octanol–water partition coefficient (Wildman–Crippen LogP) is 2.77. The minimum atomic E-state index is -0.645. The predicted molar refractivity (Wildman–Crippen MR) is 89.7 cm³/mol. The van der Waals surface area contributed by atoms with E-state index in [0.29, 0.717) is 0 Å². The third-order valence-electron chi connectivity index (χ3n) is 3.71. The fourth-order valence-electron chi connectivity index (χ4n) is 2.38. The monoisotopic (exact) mass is 346 g/mol. The van der Waals surface area contributed by atoms with Gasteiger partial charge in [0.15, 0.2) is 28.8 Å². The highest BCUT2D eigenvalue weighted by Gasteiger charge is 2.21. The summed E-state index contributed by atoms with van der Waals surface area (Å²) in [7, 11) is 3.89. The van der Waals surface area contributed by atoms with Crippen molar-refractivity contribution in [2.75, 3.05) is 21.3 Å². The fourth-order valence-corrected chi connectivity index (χ4v) is 2.38. The Hall–Kier alpha value is -3.22. The average molecular weight is 346 g/mol. The van der Waals surface area contributed by atoms with Gasteiger partial charge in [0.05, 0.1) is 26.9 Å². The van der Waals surface area contributed by atoms with E-state index in [0.717, 1.165) is 0 Å². The zero-order valence-corrected chi connectivity index (χ0v) is 14.2. The summed E-state index contributed by atoms with van der Waals surface area (Å²) in [5.41, 5.74) is 0.593. The quantitative estimate of drug-likeness (QED) is 0.634. The molecule has 0 atom stereocenters. The maximum Gasteiger partial charge on any atom is 0.338 e. The zero-order chi connectivity index (χ0) is 18.7. The Morgan fingerprint density at radius 2 is 1.24 bits per heavy atom. The van der Waals surface area contributed by atoms with Gasteiger partial charge in [0.2, 0.25) is 0 Å². The lowest BCUT2D eigenvalue weighted by atomic mass is 9.96. The Morgan fingerprint density at radius 3 is 1.64 bits per heavy atom. The van der Waals surface area contributed by atoms with E-state index in [1.807, 2.05) is 0 Å².